The average molecular weight is 175 g/mol. The highest BCUT2D eigenvalue weighted by Crippen LogP contribution is 2.15. The first-order valence-corrected chi connectivity index (χ1v) is 3.85. The molecule has 0 aromatic carbocycles. The zero-order chi connectivity index (χ0) is 9.26. The van der Waals surface area contributed by atoms with Crippen LogP contribution in [0.15, 0.2) is 24.4 Å². The second-order valence-corrected chi connectivity index (χ2v) is 2.69. The van der Waals surface area contributed by atoms with Crippen molar-refractivity contribution in [2.45, 2.75) is 0 Å². The fraction of sp³-hybridized carbons (Fsp3) is 0.125. The quantitative estimate of drug-likeness (QED) is 0.683. The summed E-state index contributed by atoms with van der Waals surface area (Å²) in [4.78, 5) is 0. The molecular formula is C8H9N5. The van der Waals surface area contributed by atoms with E-state index in [-0.39, 0.29) is 0 Å². The van der Waals surface area contributed by atoms with E-state index in [9.17, 15) is 0 Å². The molecule has 2 aromatic rings. The van der Waals surface area contributed by atoms with Gasteiger partial charge in [-0.3, -0.25) is 4.68 Å². The highest BCUT2D eigenvalue weighted by Gasteiger charge is 2.04. The molecule has 13 heavy (non-hydrogen) atoms. The fourth-order valence-electron chi connectivity index (χ4n) is 1.05. The Hall–Kier alpha value is -1.91. The third-order valence-corrected chi connectivity index (χ3v) is 1.75. The molecule has 0 bridgehead atoms. The highest BCUT2D eigenvalue weighted by atomic mass is 15.3. The lowest BCUT2D eigenvalue weighted by atomic mass is 10.3. The topological polar surface area (TPSA) is 69.6 Å². The molecule has 0 aliphatic carbocycles. The first kappa shape index (κ1) is 7.72. The Morgan fingerprint density at radius 1 is 1.38 bits per heavy atom. The molecule has 66 valence electrons. The molecule has 2 aromatic heterocycles. The molecule has 0 spiro atoms. The van der Waals surface area contributed by atoms with E-state index >= 15 is 0 Å². The molecule has 0 aliphatic rings. The number of nitrogens with two attached hydrogens (primary N) is 1. The molecule has 2 rings (SSSR count). The Kier molecular flexibility index (Phi) is 1.70. The van der Waals surface area contributed by atoms with Crippen LogP contribution in [0.3, 0.4) is 0 Å². The maximum atomic E-state index is 5.63. The summed E-state index contributed by atoms with van der Waals surface area (Å²) in [7, 11) is 1.79. The van der Waals surface area contributed by atoms with Crippen LogP contribution in [0.5, 0.6) is 0 Å². The van der Waals surface area contributed by atoms with E-state index in [0.29, 0.717) is 5.82 Å². The SMILES string of the molecule is Cn1nc(-c2cccnn2)cc1N. The molecule has 0 fully saturated rings. The van der Waals surface area contributed by atoms with E-state index in [4.69, 9.17) is 5.73 Å². The molecule has 0 atom stereocenters. The summed E-state index contributed by atoms with van der Waals surface area (Å²) in [6, 6.07) is 5.42. The molecule has 0 saturated carbocycles. The largest absolute Gasteiger partial charge is 0.384 e. The van der Waals surface area contributed by atoms with Crippen LogP contribution in [-0.2, 0) is 7.05 Å². The van der Waals surface area contributed by atoms with Crippen LogP contribution in [-0.4, -0.2) is 20.0 Å². The average Bonchev–Trinajstić information content (AvgIpc) is 2.49. The van der Waals surface area contributed by atoms with Gasteiger partial charge < -0.3 is 5.73 Å². The molecule has 2 N–H and O–H groups in total. The monoisotopic (exact) mass is 175 g/mol. The van der Waals surface area contributed by atoms with Gasteiger partial charge in [-0.1, -0.05) is 0 Å². The lowest BCUT2D eigenvalue weighted by molar-refractivity contribution is 0.780. The van der Waals surface area contributed by atoms with Gasteiger partial charge >= 0.3 is 0 Å². The van der Waals surface area contributed by atoms with Gasteiger partial charge in [-0.05, 0) is 12.1 Å². The van der Waals surface area contributed by atoms with Crippen LogP contribution in [0.4, 0.5) is 5.82 Å². The molecule has 2 heterocycles. The van der Waals surface area contributed by atoms with Crippen molar-refractivity contribution in [2.24, 2.45) is 7.05 Å². The minimum atomic E-state index is 0.612. The smallest absolute Gasteiger partial charge is 0.122 e. The molecule has 0 saturated heterocycles. The van der Waals surface area contributed by atoms with Crippen LogP contribution in [0.1, 0.15) is 0 Å². The van der Waals surface area contributed by atoms with Gasteiger partial charge in [0.25, 0.3) is 0 Å². The van der Waals surface area contributed by atoms with Gasteiger partial charge in [0.1, 0.15) is 17.2 Å². The third kappa shape index (κ3) is 1.35. The number of anilines is 1. The van der Waals surface area contributed by atoms with Gasteiger partial charge in [-0.2, -0.15) is 10.2 Å². The molecule has 0 unspecified atom stereocenters. The van der Waals surface area contributed by atoms with Crippen molar-refractivity contribution >= 4 is 5.82 Å². The van der Waals surface area contributed by atoms with Crippen molar-refractivity contribution in [3.63, 3.8) is 0 Å². The van der Waals surface area contributed by atoms with Crippen molar-refractivity contribution in [1.82, 2.24) is 20.0 Å². The minimum Gasteiger partial charge on any atom is -0.384 e. The molecular weight excluding hydrogens is 166 g/mol. The first-order valence-electron chi connectivity index (χ1n) is 3.85. The van der Waals surface area contributed by atoms with Crippen molar-refractivity contribution in [2.75, 3.05) is 5.73 Å². The highest BCUT2D eigenvalue weighted by molar-refractivity contribution is 5.57. The van der Waals surface area contributed by atoms with Gasteiger partial charge in [0.15, 0.2) is 0 Å². The molecule has 0 radical (unpaired) electrons. The summed E-state index contributed by atoms with van der Waals surface area (Å²) in [6.45, 7) is 0. The second-order valence-electron chi connectivity index (χ2n) is 2.69. The maximum Gasteiger partial charge on any atom is 0.122 e. The van der Waals surface area contributed by atoms with Crippen LogP contribution in [0.25, 0.3) is 11.4 Å². The standard InChI is InChI=1S/C8H9N5/c1-13-8(9)5-7(12-13)6-3-2-4-10-11-6/h2-5H,9H2,1H3. The number of aromatic nitrogens is 4. The summed E-state index contributed by atoms with van der Waals surface area (Å²) in [5, 5.41) is 11.9. The lowest BCUT2D eigenvalue weighted by Gasteiger charge is -1.91. The second kappa shape index (κ2) is 2.85. The van der Waals surface area contributed by atoms with Gasteiger partial charge in [-0.25, -0.2) is 0 Å². The van der Waals surface area contributed by atoms with Crippen LogP contribution < -0.4 is 5.73 Å². The number of hydrogen-bond acceptors (Lipinski definition) is 4. The fourth-order valence-corrected chi connectivity index (χ4v) is 1.05. The van der Waals surface area contributed by atoms with Crippen molar-refractivity contribution < 1.29 is 0 Å². The number of hydrogen-bond donors (Lipinski definition) is 1. The first-order chi connectivity index (χ1) is 6.27. The predicted octanol–water partition coefficient (Wildman–Crippen LogP) is 0.459. The van der Waals surface area contributed by atoms with Crippen LogP contribution >= 0.6 is 0 Å². The Balaban J connectivity index is 2.48. The summed E-state index contributed by atoms with van der Waals surface area (Å²) in [5.41, 5.74) is 7.11. The van der Waals surface area contributed by atoms with Crippen molar-refractivity contribution in [3.8, 4) is 11.4 Å². The summed E-state index contributed by atoms with van der Waals surface area (Å²) in [6.07, 6.45) is 1.62. The molecule has 0 amide bonds. The van der Waals surface area contributed by atoms with E-state index in [1.165, 1.54) is 0 Å². The van der Waals surface area contributed by atoms with Crippen LogP contribution in [0.2, 0.25) is 0 Å². The van der Waals surface area contributed by atoms with Crippen molar-refractivity contribution in [3.05, 3.63) is 24.4 Å². The number of rotatable bonds is 1. The van der Waals surface area contributed by atoms with E-state index < -0.39 is 0 Å². The number of nitrogens with zero attached hydrogens (tertiary/aromatic N) is 4. The molecule has 5 nitrogen and oxygen atoms in total. The van der Waals surface area contributed by atoms with E-state index in [1.807, 2.05) is 12.1 Å². The zero-order valence-electron chi connectivity index (χ0n) is 7.18. The van der Waals surface area contributed by atoms with Gasteiger partial charge in [-0.15, -0.1) is 5.10 Å². The number of nitrogen functional groups attached to an aromatic ring is 1. The Morgan fingerprint density at radius 3 is 2.77 bits per heavy atom. The van der Waals surface area contributed by atoms with Gasteiger partial charge in [0.05, 0.1) is 0 Å². The van der Waals surface area contributed by atoms with Gasteiger partial charge in [0, 0.05) is 19.3 Å². The molecule has 5 heteroatoms. The van der Waals surface area contributed by atoms with E-state index in [2.05, 4.69) is 15.3 Å². The maximum absolute atomic E-state index is 5.63. The molecule has 0 aliphatic heterocycles. The zero-order valence-corrected chi connectivity index (χ0v) is 7.18. The van der Waals surface area contributed by atoms with Crippen LogP contribution in [0, 0.1) is 0 Å². The van der Waals surface area contributed by atoms with Gasteiger partial charge in [0.2, 0.25) is 0 Å². The predicted molar refractivity (Wildman–Crippen MR) is 48.6 cm³/mol. The van der Waals surface area contributed by atoms with E-state index in [0.717, 1.165) is 11.4 Å². The normalized spacial score (nSPS) is 10.2. The summed E-state index contributed by atoms with van der Waals surface area (Å²) in [5.74, 6) is 0.612. The Labute approximate surface area is 75.2 Å². The summed E-state index contributed by atoms with van der Waals surface area (Å²) >= 11 is 0. The number of aryl methyl sites for hydroxylation is 1. The minimum absolute atomic E-state index is 0.612. The third-order valence-electron chi connectivity index (χ3n) is 1.75. The van der Waals surface area contributed by atoms with Crippen molar-refractivity contribution in [1.29, 1.82) is 0 Å². The lowest BCUT2D eigenvalue weighted by Crippen LogP contribution is -1.96. The Bertz CT molecular complexity index is 386. The van der Waals surface area contributed by atoms with E-state index in [1.54, 1.807) is 24.0 Å². The summed E-state index contributed by atoms with van der Waals surface area (Å²) < 4.78 is 1.60. The Morgan fingerprint density at radius 2 is 2.23 bits per heavy atom.